The molecule has 0 saturated carbocycles. The van der Waals surface area contributed by atoms with Gasteiger partial charge in [-0.05, 0) is 13.8 Å². The highest BCUT2D eigenvalue weighted by Gasteiger charge is 2.41. The number of cyclic esters (lactones) is 1. The van der Waals surface area contributed by atoms with E-state index in [1.807, 2.05) is 0 Å². The third-order valence-corrected chi connectivity index (χ3v) is 2.04. The standard InChI is InChI=1S/C7H13NO3/c1-4-6(8)7(2,10)3-5(9)11-4/h4,6,10H,3,8H2,1-2H3/t4-,6+,7+/m0/s1. The Morgan fingerprint density at radius 3 is 2.82 bits per heavy atom. The predicted octanol–water partition coefficient (Wildman–Crippen LogP) is -0.600. The van der Waals surface area contributed by atoms with E-state index < -0.39 is 17.7 Å². The molecule has 3 N–H and O–H groups in total. The summed E-state index contributed by atoms with van der Waals surface area (Å²) in [4.78, 5) is 10.8. The molecule has 0 spiro atoms. The highest BCUT2D eigenvalue weighted by Crippen LogP contribution is 2.23. The van der Waals surface area contributed by atoms with Crippen molar-refractivity contribution in [3.05, 3.63) is 0 Å². The Morgan fingerprint density at radius 2 is 2.36 bits per heavy atom. The van der Waals surface area contributed by atoms with Crippen LogP contribution in [0.1, 0.15) is 20.3 Å². The summed E-state index contributed by atoms with van der Waals surface area (Å²) in [6.07, 6.45) is -0.412. The number of carbonyl (C=O) groups is 1. The number of aliphatic hydroxyl groups is 1. The van der Waals surface area contributed by atoms with Crippen molar-refractivity contribution in [2.24, 2.45) is 5.73 Å². The molecule has 0 aromatic heterocycles. The summed E-state index contributed by atoms with van der Waals surface area (Å²) in [5.74, 6) is -0.385. The average Bonchev–Trinajstić information content (AvgIpc) is 1.81. The van der Waals surface area contributed by atoms with Gasteiger partial charge in [0, 0.05) is 0 Å². The van der Waals surface area contributed by atoms with Crippen LogP contribution in [0.25, 0.3) is 0 Å². The summed E-state index contributed by atoms with van der Waals surface area (Å²) in [6.45, 7) is 3.23. The number of esters is 1. The second-order valence-electron chi connectivity index (χ2n) is 3.25. The Balaban J connectivity index is 2.75. The lowest BCUT2D eigenvalue weighted by molar-refractivity contribution is -0.170. The van der Waals surface area contributed by atoms with Gasteiger partial charge in [-0.2, -0.15) is 0 Å². The van der Waals surface area contributed by atoms with Gasteiger partial charge >= 0.3 is 5.97 Å². The summed E-state index contributed by atoms with van der Waals surface area (Å²) in [7, 11) is 0. The van der Waals surface area contributed by atoms with E-state index in [0.29, 0.717) is 0 Å². The summed E-state index contributed by atoms with van der Waals surface area (Å²) >= 11 is 0. The van der Waals surface area contributed by atoms with Gasteiger partial charge in [0.25, 0.3) is 0 Å². The first kappa shape index (κ1) is 8.49. The normalized spacial score (nSPS) is 45.3. The minimum absolute atomic E-state index is 0.0154. The molecule has 1 aliphatic rings. The van der Waals surface area contributed by atoms with Crippen molar-refractivity contribution in [1.82, 2.24) is 0 Å². The molecule has 1 saturated heterocycles. The molecule has 64 valence electrons. The smallest absolute Gasteiger partial charge is 0.309 e. The van der Waals surface area contributed by atoms with Crippen LogP contribution in [0.15, 0.2) is 0 Å². The second kappa shape index (κ2) is 2.46. The van der Waals surface area contributed by atoms with Gasteiger partial charge in [0.15, 0.2) is 0 Å². The minimum Gasteiger partial charge on any atom is -0.461 e. The summed E-state index contributed by atoms with van der Waals surface area (Å²) in [5, 5.41) is 9.56. The van der Waals surface area contributed by atoms with Gasteiger partial charge in [0.1, 0.15) is 6.10 Å². The molecule has 1 heterocycles. The van der Waals surface area contributed by atoms with E-state index in [1.54, 1.807) is 13.8 Å². The molecule has 1 aliphatic heterocycles. The van der Waals surface area contributed by atoms with Gasteiger partial charge in [0.05, 0.1) is 18.1 Å². The highest BCUT2D eigenvalue weighted by molar-refractivity contribution is 5.72. The average molecular weight is 159 g/mol. The Kier molecular flexibility index (Phi) is 1.90. The molecular formula is C7H13NO3. The maximum Gasteiger partial charge on any atom is 0.309 e. The van der Waals surface area contributed by atoms with Crippen LogP contribution in [0, 0.1) is 0 Å². The van der Waals surface area contributed by atoms with E-state index in [1.165, 1.54) is 0 Å². The van der Waals surface area contributed by atoms with Crippen LogP contribution in [0.2, 0.25) is 0 Å². The lowest BCUT2D eigenvalue weighted by Crippen LogP contribution is -2.58. The van der Waals surface area contributed by atoms with E-state index >= 15 is 0 Å². The number of rotatable bonds is 0. The largest absolute Gasteiger partial charge is 0.461 e. The van der Waals surface area contributed by atoms with Gasteiger partial charge < -0.3 is 15.6 Å². The molecule has 0 aromatic rings. The van der Waals surface area contributed by atoms with Crippen LogP contribution >= 0.6 is 0 Å². The van der Waals surface area contributed by atoms with Crippen molar-refractivity contribution in [2.45, 2.75) is 38.0 Å². The van der Waals surface area contributed by atoms with Crippen molar-refractivity contribution in [3.63, 3.8) is 0 Å². The monoisotopic (exact) mass is 159 g/mol. The zero-order valence-corrected chi connectivity index (χ0v) is 6.70. The molecule has 4 nitrogen and oxygen atoms in total. The van der Waals surface area contributed by atoms with E-state index in [9.17, 15) is 9.90 Å². The summed E-state index contributed by atoms with van der Waals surface area (Å²) < 4.78 is 4.81. The zero-order chi connectivity index (χ0) is 8.65. The molecule has 3 atom stereocenters. The quantitative estimate of drug-likeness (QED) is 0.463. The van der Waals surface area contributed by atoms with Gasteiger partial charge in [0.2, 0.25) is 0 Å². The van der Waals surface area contributed by atoms with Crippen LogP contribution in [0.5, 0.6) is 0 Å². The molecule has 0 aliphatic carbocycles. The molecule has 11 heavy (non-hydrogen) atoms. The minimum atomic E-state index is -1.12. The first-order chi connectivity index (χ1) is 4.93. The number of carbonyl (C=O) groups excluding carboxylic acids is 1. The summed E-state index contributed by atoms with van der Waals surface area (Å²) in [6, 6.07) is -0.486. The second-order valence-corrected chi connectivity index (χ2v) is 3.25. The molecule has 0 bridgehead atoms. The molecule has 4 heteroatoms. The molecule has 0 aromatic carbocycles. The van der Waals surface area contributed by atoms with Gasteiger partial charge in [-0.1, -0.05) is 0 Å². The molecule has 0 unspecified atom stereocenters. The third kappa shape index (κ3) is 1.52. The fourth-order valence-corrected chi connectivity index (χ4v) is 1.24. The van der Waals surface area contributed by atoms with Gasteiger partial charge in [-0.25, -0.2) is 0 Å². The van der Waals surface area contributed by atoms with Crippen molar-refractivity contribution in [2.75, 3.05) is 0 Å². The molecule has 0 radical (unpaired) electrons. The Morgan fingerprint density at radius 1 is 1.82 bits per heavy atom. The van der Waals surface area contributed by atoms with Crippen LogP contribution < -0.4 is 5.73 Å². The number of hydrogen-bond acceptors (Lipinski definition) is 4. The van der Waals surface area contributed by atoms with E-state index in [4.69, 9.17) is 10.5 Å². The van der Waals surface area contributed by atoms with Crippen LogP contribution in [-0.4, -0.2) is 28.8 Å². The summed E-state index contributed by atoms with van der Waals surface area (Å²) in [5.41, 5.74) is 4.47. The van der Waals surface area contributed by atoms with Gasteiger partial charge in [-0.15, -0.1) is 0 Å². The van der Waals surface area contributed by atoms with E-state index in [-0.39, 0.29) is 12.4 Å². The van der Waals surface area contributed by atoms with Crippen molar-refractivity contribution < 1.29 is 14.6 Å². The van der Waals surface area contributed by atoms with Crippen LogP contribution in [0.3, 0.4) is 0 Å². The zero-order valence-electron chi connectivity index (χ0n) is 6.70. The lowest BCUT2D eigenvalue weighted by Gasteiger charge is -2.37. The maximum absolute atomic E-state index is 10.8. The lowest BCUT2D eigenvalue weighted by atomic mass is 9.88. The molecule has 0 amide bonds. The third-order valence-electron chi connectivity index (χ3n) is 2.04. The number of ether oxygens (including phenoxy) is 1. The molecule has 1 rings (SSSR count). The Bertz CT molecular complexity index is 179. The Labute approximate surface area is 65.3 Å². The SMILES string of the molecule is C[C@@H]1OC(=O)C[C@@](C)(O)[C@@H]1N. The van der Waals surface area contributed by atoms with Crippen LogP contribution in [0.4, 0.5) is 0 Å². The van der Waals surface area contributed by atoms with Crippen LogP contribution in [-0.2, 0) is 9.53 Å². The fourth-order valence-electron chi connectivity index (χ4n) is 1.24. The van der Waals surface area contributed by atoms with Gasteiger partial charge in [-0.3, -0.25) is 4.79 Å². The fraction of sp³-hybridized carbons (Fsp3) is 0.857. The van der Waals surface area contributed by atoms with E-state index in [0.717, 1.165) is 0 Å². The van der Waals surface area contributed by atoms with E-state index in [2.05, 4.69) is 0 Å². The first-order valence-corrected chi connectivity index (χ1v) is 3.61. The topological polar surface area (TPSA) is 72.5 Å². The predicted molar refractivity (Wildman–Crippen MR) is 38.8 cm³/mol. The number of nitrogens with two attached hydrogens (primary N) is 1. The molecular weight excluding hydrogens is 146 g/mol. The van der Waals surface area contributed by atoms with Crippen molar-refractivity contribution in [1.29, 1.82) is 0 Å². The highest BCUT2D eigenvalue weighted by atomic mass is 16.5. The maximum atomic E-state index is 10.8. The van der Waals surface area contributed by atoms with Crippen molar-refractivity contribution in [3.8, 4) is 0 Å². The molecule has 1 fully saturated rings. The number of hydrogen-bond donors (Lipinski definition) is 2. The van der Waals surface area contributed by atoms with Crippen molar-refractivity contribution >= 4 is 5.97 Å². The Hall–Kier alpha value is -0.610. The first-order valence-electron chi connectivity index (χ1n) is 3.61.